The van der Waals surface area contributed by atoms with Crippen molar-refractivity contribution >= 4 is 28.7 Å². The Labute approximate surface area is 123 Å². The molecule has 0 aliphatic rings. The lowest BCUT2D eigenvalue weighted by molar-refractivity contribution is -0.385. The Morgan fingerprint density at radius 3 is 2.76 bits per heavy atom. The quantitative estimate of drug-likeness (QED) is 0.531. The molecule has 110 valence electrons. The van der Waals surface area contributed by atoms with Gasteiger partial charge in [-0.25, -0.2) is 9.18 Å². The number of nitrogen functional groups attached to an aromatic ring is 1. The maximum absolute atomic E-state index is 13.4. The van der Waals surface area contributed by atoms with E-state index >= 15 is 0 Å². The molecule has 2 N–H and O–H groups in total. The fraction of sp³-hybridized carbons (Fsp3) is 0.154. The number of ether oxygens (including phenoxy) is 1. The normalized spacial score (nSPS) is 10.4. The zero-order chi connectivity index (χ0) is 15.6. The van der Waals surface area contributed by atoms with Gasteiger partial charge in [0.05, 0.1) is 23.3 Å². The molecule has 0 aliphatic carbocycles. The van der Waals surface area contributed by atoms with E-state index in [1.807, 2.05) is 0 Å². The van der Waals surface area contributed by atoms with Crippen LogP contribution in [0.3, 0.4) is 0 Å². The molecule has 0 unspecified atom stereocenters. The van der Waals surface area contributed by atoms with Crippen LogP contribution in [0.25, 0.3) is 10.4 Å². The first kappa shape index (κ1) is 14.9. The number of non-ortho nitro benzene ring substituents is 1. The van der Waals surface area contributed by atoms with E-state index in [0.29, 0.717) is 4.88 Å². The van der Waals surface area contributed by atoms with Gasteiger partial charge in [-0.15, -0.1) is 11.3 Å². The standard InChI is InChI=1S/C13H11FN2O4S/c1-2-20-13(17)12-10(15)6-11(21-12)7-3-8(14)5-9(4-7)16(18)19/h3-6H,2,15H2,1H3. The third kappa shape index (κ3) is 3.16. The average molecular weight is 310 g/mol. The van der Waals surface area contributed by atoms with Crippen molar-refractivity contribution in [3.63, 3.8) is 0 Å². The third-order valence-corrected chi connectivity index (χ3v) is 3.78. The number of esters is 1. The summed E-state index contributed by atoms with van der Waals surface area (Å²) in [4.78, 5) is 22.4. The summed E-state index contributed by atoms with van der Waals surface area (Å²) >= 11 is 1.00. The van der Waals surface area contributed by atoms with Crippen molar-refractivity contribution in [2.75, 3.05) is 12.3 Å². The Morgan fingerprint density at radius 2 is 2.14 bits per heavy atom. The Kier molecular flexibility index (Phi) is 4.18. The van der Waals surface area contributed by atoms with Gasteiger partial charge in [-0.1, -0.05) is 0 Å². The molecule has 1 aromatic heterocycles. The molecule has 0 aliphatic heterocycles. The predicted octanol–water partition coefficient (Wildman–Crippen LogP) is 3.22. The monoisotopic (exact) mass is 310 g/mol. The highest BCUT2D eigenvalue weighted by Crippen LogP contribution is 2.35. The van der Waals surface area contributed by atoms with Crippen LogP contribution in [0.4, 0.5) is 15.8 Å². The second-order valence-corrected chi connectivity index (χ2v) is 5.12. The van der Waals surface area contributed by atoms with Crippen LogP contribution < -0.4 is 5.73 Å². The molecule has 6 nitrogen and oxygen atoms in total. The molecule has 0 radical (unpaired) electrons. The van der Waals surface area contributed by atoms with Gasteiger partial charge in [0.1, 0.15) is 10.7 Å². The molecule has 0 spiro atoms. The van der Waals surface area contributed by atoms with Gasteiger partial charge in [-0.3, -0.25) is 10.1 Å². The molecule has 2 rings (SSSR count). The molecular weight excluding hydrogens is 299 g/mol. The summed E-state index contributed by atoms with van der Waals surface area (Å²) in [5.41, 5.74) is 5.84. The van der Waals surface area contributed by atoms with E-state index < -0.39 is 16.7 Å². The summed E-state index contributed by atoms with van der Waals surface area (Å²) in [6.07, 6.45) is 0. The van der Waals surface area contributed by atoms with E-state index in [0.717, 1.165) is 23.5 Å². The maximum Gasteiger partial charge on any atom is 0.350 e. The van der Waals surface area contributed by atoms with Crippen LogP contribution in [-0.4, -0.2) is 17.5 Å². The van der Waals surface area contributed by atoms with E-state index in [9.17, 15) is 19.3 Å². The van der Waals surface area contributed by atoms with Crippen LogP contribution in [0.2, 0.25) is 0 Å². The second-order valence-electron chi connectivity index (χ2n) is 4.07. The zero-order valence-electron chi connectivity index (χ0n) is 11.0. The average Bonchev–Trinajstić information content (AvgIpc) is 2.80. The summed E-state index contributed by atoms with van der Waals surface area (Å²) < 4.78 is 18.3. The minimum atomic E-state index is -0.733. The number of nitro groups is 1. The summed E-state index contributed by atoms with van der Waals surface area (Å²) in [7, 11) is 0. The van der Waals surface area contributed by atoms with Gasteiger partial charge in [0.25, 0.3) is 5.69 Å². The number of rotatable bonds is 4. The lowest BCUT2D eigenvalue weighted by Crippen LogP contribution is -2.04. The lowest BCUT2D eigenvalue weighted by atomic mass is 10.1. The van der Waals surface area contributed by atoms with Crippen LogP contribution in [0.15, 0.2) is 24.3 Å². The van der Waals surface area contributed by atoms with Gasteiger partial charge in [-0.05, 0) is 19.1 Å². The topological polar surface area (TPSA) is 95.5 Å². The Hall–Kier alpha value is -2.48. The molecule has 21 heavy (non-hydrogen) atoms. The molecule has 0 bridgehead atoms. The van der Waals surface area contributed by atoms with Crippen molar-refractivity contribution in [2.45, 2.75) is 6.92 Å². The Bertz CT molecular complexity index is 714. The number of carbonyl (C=O) groups is 1. The highest BCUT2D eigenvalue weighted by Gasteiger charge is 2.18. The number of nitrogens with zero attached hydrogens (tertiary/aromatic N) is 1. The fourth-order valence-electron chi connectivity index (χ4n) is 1.73. The second kappa shape index (κ2) is 5.88. The van der Waals surface area contributed by atoms with Crippen molar-refractivity contribution in [1.29, 1.82) is 0 Å². The Balaban J connectivity index is 2.46. The summed E-state index contributed by atoms with van der Waals surface area (Å²) in [5, 5.41) is 10.7. The first-order valence-corrected chi connectivity index (χ1v) is 6.75. The number of thiophene rings is 1. The molecule has 1 aromatic carbocycles. The zero-order valence-corrected chi connectivity index (χ0v) is 11.8. The van der Waals surface area contributed by atoms with Gasteiger partial charge in [0.15, 0.2) is 0 Å². The summed E-state index contributed by atoms with van der Waals surface area (Å²) in [6.45, 7) is 1.87. The van der Waals surface area contributed by atoms with E-state index in [1.54, 1.807) is 6.92 Å². The van der Waals surface area contributed by atoms with Gasteiger partial charge in [0.2, 0.25) is 0 Å². The van der Waals surface area contributed by atoms with Crippen molar-refractivity contribution < 1.29 is 18.8 Å². The molecule has 1 heterocycles. The largest absolute Gasteiger partial charge is 0.462 e. The number of nitrogens with two attached hydrogens (primary N) is 1. The van der Waals surface area contributed by atoms with Crippen LogP contribution in [0, 0.1) is 15.9 Å². The van der Waals surface area contributed by atoms with Crippen LogP contribution in [-0.2, 0) is 4.74 Å². The van der Waals surface area contributed by atoms with Crippen LogP contribution in [0.1, 0.15) is 16.6 Å². The lowest BCUT2D eigenvalue weighted by Gasteiger charge is -1.99. The first-order chi connectivity index (χ1) is 9.92. The molecule has 0 saturated heterocycles. The van der Waals surface area contributed by atoms with Crippen LogP contribution in [0.5, 0.6) is 0 Å². The number of anilines is 1. The minimum Gasteiger partial charge on any atom is -0.462 e. The number of carbonyl (C=O) groups excluding carboxylic acids is 1. The van der Waals surface area contributed by atoms with Crippen molar-refractivity contribution in [3.8, 4) is 10.4 Å². The van der Waals surface area contributed by atoms with E-state index in [-0.39, 0.29) is 28.4 Å². The van der Waals surface area contributed by atoms with Gasteiger partial charge >= 0.3 is 5.97 Å². The molecule has 0 saturated carbocycles. The van der Waals surface area contributed by atoms with Gasteiger partial charge in [0, 0.05) is 16.5 Å². The molecular formula is C13H11FN2O4S. The maximum atomic E-state index is 13.4. The van der Waals surface area contributed by atoms with Crippen molar-refractivity contribution in [3.05, 3.63) is 45.1 Å². The molecule has 0 atom stereocenters. The van der Waals surface area contributed by atoms with Gasteiger partial charge < -0.3 is 10.5 Å². The molecule has 0 fully saturated rings. The minimum absolute atomic E-state index is 0.193. The SMILES string of the molecule is CCOC(=O)c1sc(-c2cc(F)cc([N+](=O)[O-])c2)cc1N. The first-order valence-electron chi connectivity index (χ1n) is 5.94. The predicted molar refractivity (Wildman–Crippen MR) is 76.7 cm³/mol. The van der Waals surface area contributed by atoms with E-state index in [4.69, 9.17) is 10.5 Å². The number of hydrogen-bond donors (Lipinski definition) is 1. The number of halogens is 1. The van der Waals surface area contributed by atoms with Crippen molar-refractivity contribution in [2.24, 2.45) is 0 Å². The molecule has 0 amide bonds. The Morgan fingerprint density at radius 1 is 1.43 bits per heavy atom. The smallest absolute Gasteiger partial charge is 0.350 e. The number of nitro benzene ring substituents is 1. The van der Waals surface area contributed by atoms with E-state index in [2.05, 4.69) is 0 Å². The third-order valence-electron chi connectivity index (χ3n) is 2.60. The fourth-order valence-corrected chi connectivity index (χ4v) is 2.69. The molecule has 2 aromatic rings. The number of benzene rings is 1. The van der Waals surface area contributed by atoms with Gasteiger partial charge in [-0.2, -0.15) is 0 Å². The summed E-state index contributed by atoms with van der Waals surface area (Å²) in [5.74, 6) is -1.30. The molecule has 8 heteroatoms. The van der Waals surface area contributed by atoms with E-state index in [1.165, 1.54) is 12.1 Å². The highest BCUT2D eigenvalue weighted by atomic mass is 32.1. The van der Waals surface area contributed by atoms with Crippen LogP contribution >= 0.6 is 11.3 Å². The van der Waals surface area contributed by atoms with Crippen molar-refractivity contribution in [1.82, 2.24) is 0 Å². The summed E-state index contributed by atoms with van der Waals surface area (Å²) in [6, 6.07) is 4.67. The number of hydrogen-bond acceptors (Lipinski definition) is 6. The highest BCUT2D eigenvalue weighted by molar-refractivity contribution is 7.18.